The smallest absolute Gasteiger partial charge is 0.159 e. The molecule has 4 rings (SSSR count). The van der Waals surface area contributed by atoms with Crippen molar-refractivity contribution in [1.29, 1.82) is 0 Å². The summed E-state index contributed by atoms with van der Waals surface area (Å²) in [7, 11) is 1.60. The van der Waals surface area contributed by atoms with Gasteiger partial charge < -0.3 is 20.1 Å². The monoisotopic (exact) mass is 476 g/mol. The highest BCUT2D eigenvalue weighted by atomic mass is 79.9. The van der Waals surface area contributed by atoms with Crippen LogP contribution in [0.4, 0.5) is 11.6 Å². The van der Waals surface area contributed by atoms with Crippen LogP contribution in [0.3, 0.4) is 0 Å². The summed E-state index contributed by atoms with van der Waals surface area (Å²) in [5, 5.41) is 24.8. The van der Waals surface area contributed by atoms with E-state index in [1.165, 1.54) is 0 Å². The van der Waals surface area contributed by atoms with Crippen molar-refractivity contribution in [3.05, 3.63) is 51.5 Å². The van der Waals surface area contributed by atoms with Gasteiger partial charge in [0.1, 0.15) is 5.75 Å². The van der Waals surface area contributed by atoms with Crippen LogP contribution in [0, 0.1) is 0 Å². The molecule has 2 N–H and O–H groups in total. The van der Waals surface area contributed by atoms with Crippen LogP contribution < -0.4 is 15.0 Å². The molecule has 0 bridgehead atoms. The van der Waals surface area contributed by atoms with Gasteiger partial charge in [0.2, 0.25) is 0 Å². The minimum Gasteiger partial charge on any atom is -0.495 e. The van der Waals surface area contributed by atoms with Gasteiger partial charge in [-0.3, -0.25) is 0 Å². The van der Waals surface area contributed by atoms with Crippen molar-refractivity contribution < 1.29 is 9.84 Å². The topological polar surface area (TPSA) is 70.5 Å². The van der Waals surface area contributed by atoms with E-state index in [4.69, 9.17) is 16.3 Å². The van der Waals surface area contributed by atoms with Crippen LogP contribution in [-0.4, -0.2) is 41.6 Å². The maximum atomic E-state index is 9.80. The van der Waals surface area contributed by atoms with Gasteiger partial charge >= 0.3 is 0 Å². The number of aliphatic hydroxyl groups excluding tert-OH is 1. The molecule has 3 aromatic rings. The molecule has 0 saturated carbocycles. The Bertz CT molecular complexity index is 1020. The van der Waals surface area contributed by atoms with Crippen molar-refractivity contribution in [1.82, 2.24) is 10.2 Å². The zero-order valence-electron chi connectivity index (χ0n) is 16.0. The quantitative estimate of drug-likeness (QED) is 0.558. The Balaban J connectivity index is 1.62. The number of piperidine rings is 1. The molecule has 0 spiro atoms. The highest BCUT2D eigenvalue weighted by Gasteiger charge is 2.21. The maximum absolute atomic E-state index is 9.80. The molecule has 29 heavy (non-hydrogen) atoms. The Morgan fingerprint density at radius 1 is 1.17 bits per heavy atom. The predicted molar refractivity (Wildman–Crippen MR) is 120 cm³/mol. The van der Waals surface area contributed by atoms with Crippen LogP contribution >= 0.6 is 27.5 Å². The second-order valence-electron chi connectivity index (χ2n) is 7.10. The summed E-state index contributed by atoms with van der Waals surface area (Å²) in [6, 6.07) is 11.8. The molecule has 152 valence electrons. The number of anilines is 2. The van der Waals surface area contributed by atoms with E-state index in [9.17, 15) is 5.11 Å². The number of ether oxygens (including phenoxy) is 1. The summed E-state index contributed by atoms with van der Waals surface area (Å²) < 4.78 is 6.19. The lowest BCUT2D eigenvalue weighted by Crippen LogP contribution is -2.36. The zero-order valence-corrected chi connectivity index (χ0v) is 18.4. The predicted octanol–water partition coefficient (Wildman–Crippen LogP) is 4.63. The number of hydrogen-bond donors (Lipinski definition) is 2. The Labute approximate surface area is 183 Å². The van der Waals surface area contributed by atoms with Crippen LogP contribution in [0.15, 0.2) is 40.9 Å². The van der Waals surface area contributed by atoms with Crippen molar-refractivity contribution in [2.24, 2.45) is 0 Å². The van der Waals surface area contributed by atoms with Gasteiger partial charge in [-0.05, 0) is 48.7 Å². The lowest BCUT2D eigenvalue weighted by molar-refractivity contribution is 0.145. The lowest BCUT2D eigenvalue weighted by atomic mass is 10.1. The van der Waals surface area contributed by atoms with Gasteiger partial charge in [0.15, 0.2) is 11.6 Å². The molecule has 1 aliphatic rings. The molecule has 0 atom stereocenters. The second-order valence-corrected chi connectivity index (χ2v) is 8.43. The second kappa shape index (κ2) is 8.73. The highest BCUT2D eigenvalue weighted by Crippen LogP contribution is 2.33. The first-order valence-corrected chi connectivity index (χ1v) is 10.7. The van der Waals surface area contributed by atoms with Crippen LogP contribution in [0.2, 0.25) is 5.02 Å². The first-order valence-electron chi connectivity index (χ1n) is 9.50. The van der Waals surface area contributed by atoms with Gasteiger partial charge in [-0.2, -0.15) is 0 Å². The Hall–Kier alpha value is -2.09. The van der Waals surface area contributed by atoms with E-state index >= 15 is 0 Å². The number of fused-ring (bicyclic) bond motifs is 1. The molecule has 0 aliphatic carbocycles. The van der Waals surface area contributed by atoms with Gasteiger partial charge in [-0.25, -0.2) is 0 Å². The van der Waals surface area contributed by atoms with Crippen molar-refractivity contribution in [2.75, 3.05) is 30.4 Å². The third-order valence-electron chi connectivity index (χ3n) is 5.16. The standard InChI is InChI=1S/C21H22BrClN4O2/c1-29-19-5-2-13(10-18(19)23)12-24-20-17-11-14(22)3-4-16(17)21(26-25-20)27-8-6-15(28)7-9-27/h2-5,10-11,15,28H,6-9,12H2,1H3,(H,24,25). The number of hydrogen-bond acceptors (Lipinski definition) is 6. The molecule has 0 amide bonds. The van der Waals surface area contributed by atoms with Crippen LogP contribution in [0.25, 0.3) is 10.8 Å². The number of nitrogens with zero attached hydrogens (tertiary/aromatic N) is 3. The largest absolute Gasteiger partial charge is 0.495 e. The van der Waals surface area contributed by atoms with E-state index in [1.54, 1.807) is 7.11 Å². The highest BCUT2D eigenvalue weighted by molar-refractivity contribution is 9.10. The molecule has 2 heterocycles. The molecule has 1 fully saturated rings. The summed E-state index contributed by atoms with van der Waals surface area (Å²) in [4.78, 5) is 2.20. The van der Waals surface area contributed by atoms with Gasteiger partial charge in [-0.1, -0.05) is 33.6 Å². The van der Waals surface area contributed by atoms with E-state index in [1.807, 2.05) is 24.3 Å². The Kier molecular flexibility index (Phi) is 6.08. The maximum Gasteiger partial charge on any atom is 0.159 e. The molecule has 0 unspecified atom stereocenters. The normalized spacial score (nSPS) is 15.0. The van der Waals surface area contributed by atoms with E-state index in [-0.39, 0.29) is 6.10 Å². The van der Waals surface area contributed by atoms with Crippen molar-refractivity contribution in [2.45, 2.75) is 25.5 Å². The molecular weight excluding hydrogens is 456 g/mol. The molecule has 8 heteroatoms. The van der Waals surface area contributed by atoms with E-state index in [2.05, 4.69) is 48.5 Å². The number of aromatic nitrogens is 2. The van der Waals surface area contributed by atoms with Crippen molar-refractivity contribution in [3.8, 4) is 5.75 Å². The van der Waals surface area contributed by atoms with Crippen LogP contribution in [0.5, 0.6) is 5.75 Å². The van der Waals surface area contributed by atoms with Gasteiger partial charge in [-0.15, -0.1) is 10.2 Å². The van der Waals surface area contributed by atoms with Crippen LogP contribution in [0.1, 0.15) is 18.4 Å². The van der Waals surface area contributed by atoms with Gasteiger partial charge in [0.05, 0.1) is 18.2 Å². The molecule has 1 saturated heterocycles. The van der Waals surface area contributed by atoms with E-state index < -0.39 is 0 Å². The van der Waals surface area contributed by atoms with Crippen molar-refractivity contribution >= 4 is 49.9 Å². The minimum absolute atomic E-state index is 0.225. The van der Waals surface area contributed by atoms with Gasteiger partial charge in [0.25, 0.3) is 0 Å². The number of benzene rings is 2. The number of rotatable bonds is 5. The summed E-state index contributed by atoms with van der Waals surface area (Å²) >= 11 is 9.80. The first kappa shape index (κ1) is 20.2. The summed E-state index contributed by atoms with van der Waals surface area (Å²) in [6.07, 6.45) is 1.27. The molecular formula is C21H22BrClN4O2. The van der Waals surface area contributed by atoms with Crippen molar-refractivity contribution in [3.63, 3.8) is 0 Å². The summed E-state index contributed by atoms with van der Waals surface area (Å²) in [6.45, 7) is 2.12. The first-order chi connectivity index (χ1) is 14.0. The van der Waals surface area contributed by atoms with E-state index in [0.717, 1.165) is 52.6 Å². The van der Waals surface area contributed by atoms with Crippen LogP contribution in [-0.2, 0) is 6.54 Å². The average Bonchev–Trinajstić information content (AvgIpc) is 2.72. The van der Waals surface area contributed by atoms with Gasteiger partial charge in [0, 0.05) is 34.9 Å². The number of aliphatic hydroxyl groups is 1. The Morgan fingerprint density at radius 2 is 1.97 bits per heavy atom. The number of methoxy groups -OCH3 is 1. The fraction of sp³-hybridized carbons (Fsp3) is 0.333. The lowest BCUT2D eigenvalue weighted by Gasteiger charge is -2.31. The zero-order chi connectivity index (χ0) is 20.4. The molecule has 2 aromatic carbocycles. The average molecular weight is 478 g/mol. The fourth-order valence-electron chi connectivity index (χ4n) is 3.56. The summed E-state index contributed by atoms with van der Waals surface area (Å²) in [5.74, 6) is 2.23. The molecule has 1 aliphatic heterocycles. The third-order valence-corrected chi connectivity index (χ3v) is 5.95. The SMILES string of the molecule is COc1ccc(CNc2nnc(N3CCC(O)CC3)c3ccc(Br)cc23)cc1Cl. The number of nitrogens with one attached hydrogen (secondary N) is 1. The van der Waals surface area contributed by atoms with E-state index in [0.29, 0.717) is 23.1 Å². The minimum atomic E-state index is -0.225. The molecule has 1 aromatic heterocycles. The number of halogens is 2. The summed E-state index contributed by atoms with van der Waals surface area (Å²) in [5.41, 5.74) is 1.02. The molecule has 6 nitrogen and oxygen atoms in total. The molecule has 0 radical (unpaired) electrons. The third kappa shape index (κ3) is 4.42. The fourth-order valence-corrected chi connectivity index (χ4v) is 4.20. The Morgan fingerprint density at radius 3 is 2.69 bits per heavy atom.